The van der Waals surface area contributed by atoms with Crippen molar-refractivity contribution < 1.29 is 96.1 Å². The summed E-state index contributed by atoms with van der Waals surface area (Å²) in [5.74, 6) is 0.288. The molecule has 0 unspecified atom stereocenters. The molecule has 0 saturated heterocycles. The molecule has 2 aromatic carbocycles. The second-order valence-corrected chi connectivity index (χ2v) is 6.01. The number of aliphatic hydroxyl groups excluding tert-OH is 2. The fourth-order valence-corrected chi connectivity index (χ4v) is 1.40. The van der Waals surface area contributed by atoms with Crippen LogP contribution in [0, 0.1) is 41.3 Å². The maximum absolute atomic E-state index is 10.6. The fourth-order valence-electron chi connectivity index (χ4n) is 1.40. The Morgan fingerprint density at radius 1 is 0.767 bits per heavy atom. The van der Waals surface area contributed by atoms with E-state index in [9.17, 15) is 9.59 Å². The van der Waals surface area contributed by atoms with Gasteiger partial charge in [-0.25, -0.2) is 0 Å². The van der Waals surface area contributed by atoms with Gasteiger partial charge in [-0.3, -0.25) is 4.79 Å². The molecular weight excluding hydrogens is 540 g/mol. The molecule has 0 bridgehead atoms. The number of aliphatic hydroxyl groups is 2. The van der Waals surface area contributed by atoms with Crippen LogP contribution < -0.4 is 29.6 Å². The molecule has 0 heterocycles. The first-order valence-electron chi connectivity index (χ1n) is 8.52. The third-order valence-corrected chi connectivity index (χ3v) is 2.46. The van der Waals surface area contributed by atoms with Crippen LogP contribution in [-0.2, 0) is 4.79 Å². The van der Waals surface area contributed by atoms with Crippen LogP contribution in [0.1, 0.15) is 63.6 Å². The topological polar surface area (TPSA) is 105 Å². The van der Waals surface area contributed by atoms with Crippen LogP contribution >= 0.6 is 13.5 Å². The Kier molecular flexibility index (Phi) is 43.2. The zero-order chi connectivity index (χ0) is 20.5. The van der Waals surface area contributed by atoms with Crippen LogP contribution in [0.25, 0.3) is 0 Å². The van der Waals surface area contributed by atoms with Crippen molar-refractivity contribution in [2.45, 2.75) is 53.8 Å². The van der Waals surface area contributed by atoms with Crippen LogP contribution in [0.4, 0.5) is 0 Å². The molecule has 0 spiro atoms. The summed E-state index contributed by atoms with van der Waals surface area (Å²) in [7, 11) is 0. The van der Waals surface area contributed by atoms with Gasteiger partial charge in [-0.05, 0) is 47.1 Å². The van der Waals surface area contributed by atoms with E-state index in [0.29, 0.717) is 0 Å². The molecule has 0 aliphatic heterocycles. The van der Waals surface area contributed by atoms with Crippen LogP contribution in [0.5, 0.6) is 0 Å². The van der Waals surface area contributed by atoms with Crippen molar-refractivity contribution in [1.82, 2.24) is 0 Å². The summed E-state index contributed by atoms with van der Waals surface area (Å²) in [6.07, 6.45) is -0.508. The van der Waals surface area contributed by atoms with Crippen LogP contribution in [-0.4, -0.2) is 33.4 Å². The van der Waals surface area contributed by atoms with Crippen molar-refractivity contribution in [2.24, 2.45) is 0 Å². The number of Topliss-reactive ketones (excluding diaryl/α,β-unsaturated/α-hetero) is 2. The first kappa shape index (κ1) is 44.1. The summed E-state index contributed by atoms with van der Waals surface area (Å²) in [5, 5.41) is 17.1. The number of hydrogen-bond donors (Lipinski definition) is 2. The quantitative estimate of drug-likeness (QED) is 0.418. The van der Waals surface area contributed by atoms with E-state index in [-0.39, 0.29) is 114 Å². The minimum Gasteiger partial charge on any atom is -0.870 e. The predicted molar refractivity (Wildman–Crippen MR) is 120 cm³/mol. The van der Waals surface area contributed by atoms with Gasteiger partial charge in [0.2, 0.25) is 0 Å². The SMILES string of the molecule is CC(=O)c1ccccc1.CC(C)=O.CC(C)O.C[C@H](O)c1ccccc1.S.[Na+].[OH-].[Pr]. The fraction of sp³-hybridized carbons (Fsp3) is 0.364. The van der Waals surface area contributed by atoms with Gasteiger partial charge < -0.3 is 20.5 Å². The first-order chi connectivity index (χ1) is 12.1. The molecule has 0 amide bonds. The van der Waals surface area contributed by atoms with Gasteiger partial charge in [0.1, 0.15) is 5.78 Å². The Labute approximate surface area is 244 Å². The number of carbonyl (C=O) groups is 2. The largest absolute Gasteiger partial charge is 1.00 e. The maximum Gasteiger partial charge on any atom is 1.00 e. The molecule has 8 heteroatoms. The van der Waals surface area contributed by atoms with Crippen molar-refractivity contribution in [3.05, 3.63) is 71.8 Å². The third-order valence-electron chi connectivity index (χ3n) is 2.46. The monoisotopic (exact) mass is 575 g/mol. The standard InChI is InChI=1S/C8H10O.C8H8O.C3H8O.C3H6O.Na.H2O.Pr.H2S/c2*1-7(9)8-5-3-2-4-6-8;2*1-3(2)4;;;;/h2-7,9H,1H3;2-6H,1H3;3-4H,1-2H3;1-2H3;;1H2;;1H2/q;;;;+1;;;/p-1/t7-;;;;;;;/m0......./s1. The first-order valence-corrected chi connectivity index (χ1v) is 8.52. The van der Waals surface area contributed by atoms with Gasteiger partial charge in [-0.2, -0.15) is 13.5 Å². The van der Waals surface area contributed by atoms with E-state index in [2.05, 4.69) is 0 Å². The molecule has 5 nitrogen and oxygen atoms in total. The number of benzene rings is 2. The molecule has 0 aliphatic carbocycles. The average molecular weight is 575 g/mol. The van der Waals surface area contributed by atoms with Crippen LogP contribution in [0.2, 0.25) is 0 Å². The van der Waals surface area contributed by atoms with E-state index in [0.717, 1.165) is 11.1 Å². The molecule has 2 aromatic rings. The maximum atomic E-state index is 10.6. The van der Waals surface area contributed by atoms with E-state index in [4.69, 9.17) is 10.2 Å². The molecule has 3 N–H and O–H groups in total. The number of hydrogen-bond acceptors (Lipinski definition) is 5. The second kappa shape index (κ2) is 29.4. The van der Waals surface area contributed by atoms with Crippen molar-refractivity contribution in [3.63, 3.8) is 0 Å². The second-order valence-electron chi connectivity index (χ2n) is 6.01. The summed E-state index contributed by atoms with van der Waals surface area (Å²) >= 11 is 0. The molecule has 30 heavy (non-hydrogen) atoms. The van der Waals surface area contributed by atoms with E-state index in [1.807, 2.05) is 60.7 Å². The van der Waals surface area contributed by atoms with Crippen molar-refractivity contribution >= 4 is 25.1 Å². The molecule has 2 rings (SSSR count). The summed E-state index contributed by atoms with van der Waals surface area (Å²) < 4.78 is 0. The summed E-state index contributed by atoms with van der Waals surface area (Å²) in [6, 6.07) is 18.8. The van der Waals surface area contributed by atoms with Gasteiger partial charge in [0, 0.05) is 53.0 Å². The van der Waals surface area contributed by atoms with Crippen molar-refractivity contribution in [3.8, 4) is 0 Å². The van der Waals surface area contributed by atoms with E-state index >= 15 is 0 Å². The minimum absolute atomic E-state index is 0. The number of ketones is 2. The summed E-state index contributed by atoms with van der Waals surface area (Å²) in [4.78, 5) is 20.1. The van der Waals surface area contributed by atoms with Gasteiger partial charge in [0.25, 0.3) is 0 Å². The Bertz CT molecular complexity index is 605. The minimum atomic E-state index is -0.341. The van der Waals surface area contributed by atoms with Crippen LogP contribution in [0.3, 0.4) is 0 Å². The molecule has 0 aromatic heterocycles. The van der Waals surface area contributed by atoms with Crippen LogP contribution in [0.15, 0.2) is 60.7 Å². The predicted octanol–water partition coefficient (Wildman–Crippen LogP) is 1.55. The van der Waals surface area contributed by atoms with Gasteiger partial charge in [0.05, 0.1) is 6.10 Å². The normalized spacial score (nSPS) is 8.70. The van der Waals surface area contributed by atoms with Gasteiger partial charge in [-0.15, -0.1) is 0 Å². The molecule has 163 valence electrons. The smallest absolute Gasteiger partial charge is 0.870 e. The van der Waals surface area contributed by atoms with E-state index in [1.165, 1.54) is 13.8 Å². The molecule has 0 aliphatic rings. The van der Waals surface area contributed by atoms with Gasteiger partial charge in [0.15, 0.2) is 5.78 Å². The average Bonchev–Trinajstić information content (AvgIpc) is 2.56. The molecular formula is C22H35NaO5PrS. The summed E-state index contributed by atoms with van der Waals surface area (Å²) in [6.45, 7) is 9.82. The molecule has 0 saturated carbocycles. The molecule has 1 atom stereocenters. The molecule has 0 fully saturated rings. The van der Waals surface area contributed by atoms with E-state index < -0.39 is 0 Å². The van der Waals surface area contributed by atoms with Gasteiger partial charge >= 0.3 is 29.6 Å². The Hall–Kier alpha value is 0.374. The third kappa shape index (κ3) is 35.8. The van der Waals surface area contributed by atoms with E-state index in [1.54, 1.807) is 27.7 Å². The van der Waals surface area contributed by atoms with Crippen molar-refractivity contribution in [2.75, 3.05) is 0 Å². The number of carbonyl (C=O) groups excluding carboxylic acids is 2. The zero-order valence-electron chi connectivity index (χ0n) is 19.2. The van der Waals surface area contributed by atoms with Crippen molar-refractivity contribution in [1.29, 1.82) is 0 Å². The van der Waals surface area contributed by atoms with Gasteiger partial charge in [-0.1, -0.05) is 60.7 Å². The summed E-state index contributed by atoms with van der Waals surface area (Å²) in [5.41, 5.74) is 1.75. The Morgan fingerprint density at radius 2 is 1.03 bits per heavy atom. The Morgan fingerprint density at radius 3 is 1.20 bits per heavy atom. The Balaban J connectivity index is -0.0000000653. The number of rotatable bonds is 2. The molecule has 1 radical (unpaired) electrons. The zero-order valence-corrected chi connectivity index (χ0v) is 25.9.